The van der Waals surface area contributed by atoms with E-state index in [1.54, 1.807) is 0 Å². The maximum atomic E-state index is 6.01. The van der Waals surface area contributed by atoms with Gasteiger partial charge in [0.05, 0.1) is 6.61 Å². The van der Waals surface area contributed by atoms with Gasteiger partial charge < -0.3 is 10.5 Å². The predicted octanol–water partition coefficient (Wildman–Crippen LogP) is 2.11. The van der Waals surface area contributed by atoms with Crippen LogP contribution in [-0.4, -0.2) is 43.8 Å². The molecule has 2 unspecified atom stereocenters. The average molecular weight is 254 g/mol. The second kappa shape index (κ2) is 5.89. The normalized spacial score (nSPS) is 29.7. The first-order valence-electron chi connectivity index (χ1n) is 7.54. The molecule has 2 fully saturated rings. The number of rotatable bonds is 3. The minimum atomic E-state index is 0.459. The topological polar surface area (TPSA) is 38.5 Å². The van der Waals surface area contributed by atoms with E-state index >= 15 is 0 Å². The Morgan fingerprint density at radius 3 is 2.33 bits per heavy atom. The molecule has 0 aromatic rings. The number of ether oxygens (including phenoxy) is 1. The van der Waals surface area contributed by atoms with Crippen molar-refractivity contribution >= 4 is 0 Å². The fraction of sp³-hybridized carbons (Fsp3) is 1.00. The van der Waals surface area contributed by atoms with Gasteiger partial charge in [-0.15, -0.1) is 0 Å². The first-order valence-corrected chi connectivity index (χ1v) is 7.54. The summed E-state index contributed by atoms with van der Waals surface area (Å²) in [4.78, 5) is 2.63. The van der Waals surface area contributed by atoms with Gasteiger partial charge in [0, 0.05) is 25.1 Å². The van der Waals surface area contributed by atoms with Crippen molar-refractivity contribution in [3.8, 4) is 0 Å². The van der Waals surface area contributed by atoms with Gasteiger partial charge in [-0.05, 0) is 43.7 Å². The second-order valence-electron chi connectivity index (χ2n) is 7.10. The molecule has 0 aromatic carbocycles. The lowest BCUT2D eigenvalue weighted by atomic mass is 9.75. The summed E-state index contributed by atoms with van der Waals surface area (Å²) in [6.07, 6.45) is 3.85. The second-order valence-corrected chi connectivity index (χ2v) is 7.10. The van der Waals surface area contributed by atoms with Gasteiger partial charge in [-0.25, -0.2) is 0 Å². The standard InChI is InChI=1S/C15H30N2O/c1-15(2,3)13-4-7-17(8-5-13)14(10-16)12-6-9-18-11-12/h12-14H,4-11,16H2,1-3H3. The van der Waals surface area contributed by atoms with E-state index in [4.69, 9.17) is 10.5 Å². The molecule has 3 heteroatoms. The van der Waals surface area contributed by atoms with Crippen LogP contribution in [0.25, 0.3) is 0 Å². The molecule has 2 aliphatic heterocycles. The van der Waals surface area contributed by atoms with E-state index in [-0.39, 0.29) is 0 Å². The molecule has 2 rings (SSSR count). The Labute approximate surface area is 112 Å². The van der Waals surface area contributed by atoms with Crippen molar-refractivity contribution in [3.05, 3.63) is 0 Å². The summed E-state index contributed by atoms with van der Waals surface area (Å²) in [5.74, 6) is 1.54. The molecule has 0 radical (unpaired) electrons. The van der Waals surface area contributed by atoms with E-state index in [1.807, 2.05) is 0 Å². The lowest BCUT2D eigenvalue weighted by Crippen LogP contribution is -2.50. The molecule has 18 heavy (non-hydrogen) atoms. The zero-order chi connectivity index (χ0) is 13.2. The van der Waals surface area contributed by atoms with Crippen LogP contribution in [0, 0.1) is 17.3 Å². The molecule has 3 nitrogen and oxygen atoms in total. The van der Waals surface area contributed by atoms with Crippen LogP contribution in [0.3, 0.4) is 0 Å². The molecule has 0 aromatic heterocycles. The molecule has 2 saturated heterocycles. The van der Waals surface area contributed by atoms with Crippen molar-refractivity contribution in [1.29, 1.82) is 0 Å². The van der Waals surface area contributed by atoms with Gasteiger partial charge in [0.2, 0.25) is 0 Å². The fourth-order valence-corrected chi connectivity index (χ4v) is 3.59. The fourth-order valence-electron chi connectivity index (χ4n) is 3.59. The molecule has 0 aliphatic carbocycles. The SMILES string of the molecule is CC(C)(C)C1CCN(C(CN)C2CCOC2)CC1. The third-order valence-electron chi connectivity index (χ3n) is 4.97. The highest BCUT2D eigenvalue weighted by atomic mass is 16.5. The summed E-state index contributed by atoms with van der Waals surface area (Å²) in [5.41, 5.74) is 6.47. The third-order valence-corrected chi connectivity index (χ3v) is 4.97. The number of hydrogen-bond donors (Lipinski definition) is 1. The maximum Gasteiger partial charge on any atom is 0.0510 e. The number of nitrogens with zero attached hydrogens (tertiary/aromatic N) is 1. The largest absolute Gasteiger partial charge is 0.381 e. The monoisotopic (exact) mass is 254 g/mol. The summed E-state index contributed by atoms with van der Waals surface area (Å²) in [6, 6.07) is 0.549. The molecule has 0 spiro atoms. The number of likely N-dealkylation sites (tertiary alicyclic amines) is 1. The summed E-state index contributed by atoms with van der Waals surface area (Å²) in [5, 5.41) is 0. The molecular formula is C15H30N2O. The molecular weight excluding hydrogens is 224 g/mol. The van der Waals surface area contributed by atoms with Gasteiger partial charge in [-0.2, -0.15) is 0 Å². The molecule has 106 valence electrons. The van der Waals surface area contributed by atoms with Gasteiger partial charge in [-0.1, -0.05) is 20.8 Å². The van der Waals surface area contributed by atoms with E-state index in [0.717, 1.165) is 25.7 Å². The highest BCUT2D eigenvalue weighted by Crippen LogP contribution is 2.35. The van der Waals surface area contributed by atoms with Crippen LogP contribution in [0.1, 0.15) is 40.0 Å². The minimum Gasteiger partial charge on any atom is -0.381 e. The quantitative estimate of drug-likeness (QED) is 0.838. The molecule has 2 aliphatic rings. The molecule has 0 amide bonds. The van der Waals surface area contributed by atoms with Crippen LogP contribution in [0.2, 0.25) is 0 Å². The smallest absolute Gasteiger partial charge is 0.0510 e. The first-order chi connectivity index (χ1) is 8.52. The van der Waals surface area contributed by atoms with Gasteiger partial charge in [0.15, 0.2) is 0 Å². The lowest BCUT2D eigenvalue weighted by Gasteiger charge is -2.43. The molecule has 0 bridgehead atoms. The van der Waals surface area contributed by atoms with Crippen molar-refractivity contribution in [3.63, 3.8) is 0 Å². The van der Waals surface area contributed by atoms with Gasteiger partial charge in [-0.3, -0.25) is 4.90 Å². The highest BCUT2D eigenvalue weighted by Gasteiger charge is 2.34. The third kappa shape index (κ3) is 3.25. The highest BCUT2D eigenvalue weighted by molar-refractivity contribution is 4.88. The van der Waals surface area contributed by atoms with E-state index in [9.17, 15) is 0 Å². The summed E-state index contributed by atoms with van der Waals surface area (Å²) < 4.78 is 5.52. The van der Waals surface area contributed by atoms with E-state index in [0.29, 0.717) is 17.4 Å². The number of piperidine rings is 1. The Bertz CT molecular complexity index is 248. The molecule has 2 heterocycles. The first kappa shape index (κ1) is 14.3. The number of nitrogens with two attached hydrogens (primary N) is 1. The summed E-state index contributed by atoms with van der Waals surface area (Å²) in [7, 11) is 0. The van der Waals surface area contributed by atoms with Crippen molar-refractivity contribution in [2.24, 2.45) is 23.0 Å². The van der Waals surface area contributed by atoms with Crippen LogP contribution >= 0.6 is 0 Å². The van der Waals surface area contributed by atoms with Gasteiger partial charge in [0.25, 0.3) is 0 Å². The Morgan fingerprint density at radius 2 is 1.89 bits per heavy atom. The van der Waals surface area contributed by atoms with E-state index in [2.05, 4.69) is 25.7 Å². The molecule has 2 atom stereocenters. The Morgan fingerprint density at radius 1 is 1.22 bits per heavy atom. The number of hydrogen-bond acceptors (Lipinski definition) is 3. The Hall–Kier alpha value is -0.120. The van der Waals surface area contributed by atoms with Crippen LogP contribution in [0.5, 0.6) is 0 Å². The predicted molar refractivity (Wildman–Crippen MR) is 75.5 cm³/mol. The zero-order valence-electron chi connectivity index (χ0n) is 12.3. The van der Waals surface area contributed by atoms with Gasteiger partial charge in [0.1, 0.15) is 0 Å². The van der Waals surface area contributed by atoms with Crippen molar-refractivity contribution in [1.82, 2.24) is 4.90 Å². The van der Waals surface area contributed by atoms with Crippen molar-refractivity contribution in [2.45, 2.75) is 46.1 Å². The minimum absolute atomic E-state index is 0.459. The van der Waals surface area contributed by atoms with Crippen molar-refractivity contribution < 1.29 is 4.74 Å². The average Bonchev–Trinajstić information content (AvgIpc) is 2.83. The molecule has 2 N–H and O–H groups in total. The lowest BCUT2D eigenvalue weighted by molar-refractivity contribution is 0.0585. The van der Waals surface area contributed by atoms with E-state index in [1.165, 1.54) is 32.4 Å². The summed E-state index contributed by atoms with van der Waals surface area (Å²) >= 11 is 0. The maximum absolute atomic E-state index is 6.01. The molecule has 0 saturated carbocycles. The zero-order valence-corrected chi connectivity index (χ0v) is 12.3. The van der Waals surface area contributed by atoms with Crippen LogP contribution in [0.4, 0.5) is 0 Å². The van der Waals surface area contributed by atoms with E-state index < -0.39 is 0 Å². The van der Waals surface area contributed by atoms with Crippen LogP contribution < -0.4 is 5.73 Å². The summed E-state index contributed by atoms with van der Waals surface area (Å²) in [6.45, 7) is 12.2. The van der Waals surface area contributed by atoms with Gasteiger partial charge >= 0.3 is 0 Å². The van der Waals surface area contributed by atoms with Crippen LogP contribution in [-0.2, 0) is 4.74 Å². The van der Waals surface area contributed by atoms with Crippen molar-refractivity contribution in [2.75, 3.05) is 32.8 Å². The van der Waals surface area contributed by atoms with Crippen LogP contribution in [0.15, 0.2) is 0 Å². The Kier molecular flexibility index (Phi) is 4.68. The Balaban J connectivity index is 1.87.